The van der Waals surface area contributed by atoms with E-state index in [9.17, 15) is 20.1 Å². The van der Waals surface area contributed by atoms with Gasteiger partial charge in [-0.05, 0) is 56.2 Å². The monoisotopic (exact) mass is 475 g/mol. The number of nitrogens with one attached hydrogen (secondary N) is 2. The third-order valence-electron chi connectivity index (χ3n) is 7.18. The van der Waals surface area contributed by atoms with Gasteiger partial charge in [-0.3, -0.25) is 4.79 Å². The number of aliphatic hydroxyl groups excluding tert-OH is 3. The Morgan fingerprint density at radius 2 is 2.00 bits per heavy atom. The van der Waals surface area contributed by atoms with E-state index in [-0.39, 0.29) is 23.8 Å². The first-order valence-electron chi connectivity index (χ1n) is 11.9. The average molecular weight is 476 g/mol. The van der Waals surface area contributed by atoms with Gasteiger partial charge in [-0.25, -0.2) is 0 Å². The number of fused-ring (bicyclic) bond motifs is 1. The number of hydrogen-bond acceptors (Lipinski definition) is 9. The normalized spacial score (nSPS) is 41.2. The van der Waals surface area contributed by atoms with Crippen LogP contribution in [0.5, 0.6) is 0 Å². The largest absolute Gasteiger partial charge is 0.388 e. The molecule has 10 atom stereocenters. The second-order valence-corrected chi connectivity index (χ2v) is 10.7. The molecule has 3 saturated heterocycles. The van der Waals surface area contributed by atoms with Gasteiger partial charge in [-0.15, -0.1) is 11.8 Å². The van der Waals surface area contributed by atoms with E-state index in [1.165, 1.54) is 11.8 Å². The van der Waals surface area contributed by atoms with Gasteiger partial charge in [-0.2, -0.15) is 0 Å². The fourth-order valence-electron chi connectivity index (χ4n) is 5.31. The van der Waals surface area contributed by atoms with Crippen molar-refractivity contribution in [2.75, 3.05) is 26.0 Å². The van der Waals surface area contributed by atoms with E-state index in [1.54, 1.807) is 6.26 Å². The summed E-state index contributed by atoms with van der Waals surface area (Å²) >= 11 is 1.26. The molecule has 0 aromatic rings. The van der Waals surface area contributed by atoms with Crippen LogP contribution in [-0.4, -0.2) is 95.2 Å². The molecule has 186 valence electrons. The highest BCUT2D eigenvalue weighted by molar-refractivity contribution is 7.99. The first-order chi connectivity index (χ1) is 15.3. The van der Waals surface area contributed by atoms with E-state index in [1.807, 2.05) is 13.8 Å². The number of ether oxygens (including phenoxy) is 2. The van der Waals surface area contributed by atoms with Gasteiger partial charge >= 0.3 is 0 Å². The summed E-state index contributed by atoms with van der Waals surface area (Å²) in [7, 11) is 0. The zero-order chi connectivity index (χ0) is 23.4. The molecule has 3 fully saturated rings. The number of hydrogen-bond donors (Lipinski definition) is 6. The van der Waals surface area contributed by atoms with E-state index >= 15 is 0 Å². The van der Waals surface area contributed by atoms with Gasteiger partial charge in [0.05, 0.1) is 12.1 Å². The second kappa shape index (κ2) is 11.8. The topological polar surface area (TPSA) is 146 Å². The summed E-state index contributed by atoms with van der Waals surface area (Å²) in [6.45, 7) is 5.93. The van der Waals surface area contributed by atoms with Crippen LogP contribution in [0, 0.1) is 17.8 Å². The zero-order valence-electron chi connectivity index (χ0n) is 19.4. The number of thioether (sulfide) groups is 1. The van der Waals surface area contributed by atoms with Gasteiger partial charge in [0.25, 0.3) is 0 Å². The summed E-state index contributed by atoms with van der Waals surface area (Å²) in [6, 6.07) is -1.000. The number of amides is 1. The van der Waals surface area contributed by atoms with Gasteiger partial charge in [0.1, 0.15) is 35.9 Å². The van der Waals surface area contributed by atoms with Gasteiger partial charge in [-0.1, -0.05) is 13.8 Å². The Kier molecular flexibility index (Phi) is 9.64. The van der Waals surface area contributed by atoms with Crippen molar-refractivity contribution in [2.24, 2.45) is 23.5 Å². The number of rotatable bonds is 8. The minimum Gasteiger partial charge on any atom is -0.388 e. The van der Waals surface area contributed by atoms with Crippen LogP contribution in [-0.2, 0) is 14.3 Å². The molecule has 3 aliphatic rings. The summed E-state index contributed by atoms with van der Waals surface area (Å²) in [5, 5.41) is 37.5. The SMILES string of the molecule is CSC1O[C@H]([C@H](NC(=O)[C@H]2NC[C@@H]3C[C@H](CCCN)CCO[C@H]32)C(C)C)C(O)C(O)[C@H]1O. The smallest absolute Gasteiger partial charge is 0.240 e. The quantitative estimate of drug-likeness (QED) is 0.271. The van der Waals surface area contributed by atoms with Crippen molar-refractivity contribution < 1.29 is 29.6 Å². The molecular formula is C22H41N3O6S. The van der Waals surface area contributed by atoms with Crippen LogP contribution in [0.25, 0.3) is 0 Å². The van der Waals surface area contributed by atoms with Gasteiger partial charge in [0.15, 0.2) is 0 Å². The molecule has 3 aliphatic heterocycles. The predicted octanol–water partition coefficient (Wildman–Crippen LogP) is -0.580. The van der Waals surface area contributed by atoms with Crippen LogP contribution < -0.4 is 16.4 Å². The minimum absolute atomic E-state index is 0.0588. The Balaban J connectivity index is 1.66. The first kappa shape index (κ1) is 26.2. The van der Waals surface area contributed by atoms with Gasteiger partial charge in [0.2, 0.25) is 5.91 Å². The van der Waals surface area contributed by atoms with Crippen molar-refractivity contribution in [1.82, 2.24) is 10.6 Å². The number of aliphatic hydroxyl groups is 3. The molecule has 9 nitrogen and oxygen atoms in total. The molecule has 32 heavy (non-hydrogen) atoms. The molecular weight excluding hydrogens is 434 g/mol. The zero-order valence-corrected chi connectivity index (χ0v) is 20.2. The van der Waals surface area contributed by atoms with Crippen molar-refractivity contribution in [3.63, 3.8) is 0 Å². The molecule has 0 aliphatic carbocycles. The van der Waals surface area contributed by atoms with Crippen molar-refractivity contribution in [3.8, 4) is 0 Å². The maximum Gasteiger partial charge on any atom is 0.240 e. The molecule has 1 amide bonds. The number of nitrogens with two attached hydrogens (primary N) is 1. The Hall–Kier alpha value is -0.460. The molecule has 10 heteroatoms. The minimum atomic E-state index is -1.34. The van der Waals surface area contributed by atoms with Crippen molar-refractivity contribution in [3.05, 3.63) is 0 Å². The van der Waals surface area contributed by atoms with E-state index in [4.69, 9.17) is 15.2 Å². The summed E-state index contributed by atoms with van der Waals surface area (Å²) < 4.78 is 12.1. The maximum absolute atomic E-state index is 13.3. The molecule has 0 bridgehead atoms. The summed E-state index contributed by atoms with van der Waals surface area (Å²) in [5.41, 5.74) is 4.99. The summed E-state index contributed by atoms with van der Waals surface area (Å²) in [6.07, 6.45) is 1.05. The fraction of sp³-hybridized carbons (Fsp3) is 0.955. The van der Waals surface area contributed by atoms with E-state index < -0.39 is 41.9 Å². The van der Waals surface area contributed by atoms with Crippen molar-refractivity contribution in [2.45, 2.75) is 87.6 Å². The predicted molar refractivity (Wildman–Crippen MR) is 123 cm³/mol. The molecule has 0 saturated carbocycles. The maximum atomic E-state index is 13.3. The number of carbonyl (C=O) groups is 1. The first-order valence-corrected chi connectivity index (χ1v) is 13.1. The fourth-order valence-corrected chi connectivity index (χ4v) is 5.99. The van der Waals surface area contributed by atoms with Crippen LogP contribution in [0.4, 0.5) is 0 Å². The third kappa shape index (κ3) is 5.78. The molecule has 0 aromatic carbocycles. The highest BCUT2D eigenvalue weighted by Crippen LogP contribution is 2.34. The molecule has 3 rings (SSSR count). The number of carbonyl (C=O) groups excluding carboxylic acids is 1. The lowest BCUT2D eigenvalue weighted by molar-refractivity contribution is -0.208. The highest BCUT2D eigenvalue weighted by Gasteiger charge is 2.49. The Morgan fingerprint density at radius 1 is 1.25 bits per heavy atom. The lowest BCUT2D eigenvalue weighted by Crippen LogP contribution is -2.65. The van der Waals surface area contributed by atoms with E-state index in [2.05, 4.69) is 10.6 Å². The highest BCUT2D eigenvalue weighted by atomic mass is 32.2. The summed E-state index contributed by atoms with van der Waals surface area (Å²) in [4.78, 5) is 13.3. The Labute approximate surface area is 195 Å². The Bertz CT molecular complexity index is 612. The van der Waals surface area contributed by atoms with Crippen LogP contribution in [0.1, 0.15) is 39.5 Å². The lowest BCUT2D eigenvalue weighted by Gasteiger charge is -2.44. The van der Waals surface area contributed by atoms with Gasteiger partial charge in [0, 0.05) is 13.2 Å². The molecule has 0 spiro atoms. The molecule has 7 N–H and O–H groups in total. The van der Waals surface area contributed by atoms with Crippen molar-refractivity contribution >= 4 is 17.7 Å². The molecule has 3 unspecified atom stereocenters. The van der Waals surface area contributed by atoms with Crippen LogP contribution in [0.3, 0.4) is 0 Å². The van der Waals surface area contributed by atoms with E-state index in [0.29, 0.717) is 19.1 Å². The lowest BCUT2D eigenvalue weighted by atomic mass is 9.86. The van der Waals surface area contributed by atoms with Crippen LogP contribution >= 0.6 is 11.8 Å². The van der Waals surface area contributed by atoms with Crippen molar-refractivity contribution in [1.29, 1.82) is 0 Å². The van der Waals surface area contributed by atoms with Crippen LogP contribution in [0.2, 0.25) is 0 Å². The molecule has 0 radical (unpaired) electrons. The average Bonchev–Trinajstić information content (AvgIpc) is 3.05. The molecule has 0 aromatic heterocycles. The van der Waals surface area contributed by atoms with Crippen LogP contribution in [0.15, 0.2) is 0 Å². The Morgan fingerprint density at radius 3 is 2.66 bits per heavy atom. The standard InChI is InChI=1S/C22H41N3O6S/c1-11(2)14(20-17(27)16(26)18(28)22(31-20)32-3)25-21(29)15-19-13(10-24-15)9-12(5-4-7-23)6-8-30-19/h11-20,22,24,26-28H,4-10,23H2,1-3H3,(H,25,29)/t12-,13+,14-,15+,16?,17?,18-,19-,20-,22?/m1/s1. The third-order valence-corrected chi connectivity index (χ3v) is 8.04. The second-order valence-electron chi connectivity index (χ2n) is 9.76. The van der Waals surface area contributed by atoms with E-state index in [0.717, 1.165) is 32.2 Å². The summed E-state index contributed by atoms with van der Waals surface area (Å²) in [5.74, 6) is 0.607. The van der Waals surface area contributed by atoms with Gasteiger partial charge < -0.3 is 41.2 Å². The molecule has 3 heterocycles.